The number of rotatable bonds is 3. The van der Waals surface area contributed by atoms with Crippen LogP contribution in [0.3, 0.4) is 0 Å². The summed E-state index contributed by atoms with van der Waals surface area (Å²) in [5, 5.41) is 0. The SMILES string of the molecule is CC(CC(C)(C)N)C(C)(C)N. The Kier molecular flexibility index (Phi) is 3.09. The van der Waals surface area contributed by atoms with Crippen LogP contribution in [0.5, 0.6) is 0 Å². The summed E-state index contributed by atoms with van der Waals surface area (Å²) in [6.07, 6.45) is 0.969. The molecule has 1 unspecified atom stereocenters. The molecule has 0 aliphatic rings. The molecule has 0 aromatic rings. The maximum absolute atomic E-state index is 5.93. The third-order valence-corrected chi connectivity index (χ3v) is 2.10. The summed E-state index contributed by atoms with van der Waals surface area (Å²) in [6.45, 7) is 10.3. The van der Waals surface area contributed by atoms with Crippen LogP contribution in [0.2, 0.25) is 0 Å². The van der Waals surface area contributed by atoms with Gasteiger partial charge in [0.1, 0.15) is 0 Å². The average molecular weight is 158 g/mol. The number of hydrogen-bond acceptors (Lipinski definition) is 2. The van der Waals surface area contributed by atoms with Gasteiger partial charge in [-0.15, -0.1) is 0 Å². The van der Waals surface area contributed by atoms with E-state index >= 15 is 0 Å². The summed E-state index contributed by atoms with van der Waals surface area (Å²) in [6, 6.07) is 0. The summed E-state index contributed by atoms with van der Waals surface area (Å²) < 4.78 is 0. The molecule has 0 aromatic carbocycles. The van der Waals surface area contributed by atoms with Gasteiger partial charge in [0.2, 0.25) is 0 Å². The second kappa shape index (κ2) is 3.11. The first-order valence-corrected chi connectivity index (χ1v) is 4.21. The predicted octanol–water partition coefficient (Wildman–Crippen LogP) is 1.49. The highest BCUT2D eigenvalue weighted by molar-refractivity contribution is 4.85. The fourth-order valence-electron chi connectivity index (χ4n) is 1.05. The van der Waals surface area contributed by atoms with E-state index in [9.17, 15) is 0 Å². The van der Waals surface area contributed by atoms with Crippen LogP contribution in [0.4, 0.5) is 0 Å². The lowest BCUT2D eigenvalue weighted by molar-refractivity contribution is 0.272. The molecule has 2 heteroatoms. The van der Waals surface area contributed by atoms with Gasteiger partial charge in [-0.05, 0) is 40.0 Å². The average Bonchev–Trinajstić information content (AvgIpc) is 1.56. The lowest BCUT2D eigenvalue weighted by Crippen LogP contribution is -2.45. The zero-order chi connectivity index (χ0) is 9.28. The third-order valence-electron chi connectivity index (χ3n) is 2.10. The van der Waals surface area contributed by atoms with Gasteiger partial charge in [-0.3, -0.25) is 0 Å². The van der Waals surface area contributed by atoms with Crippen molar-refractivity contribution in [2.45, 2.75) is 52.1 Å². The van der Waals surface area contributed by atoms with E-state index in [4.69, 9.17) is 11.5 Å². The first kappa shape index (κ1) is 10.9. The number of hydrogen-bond donors (Lipinski definition) is 2. The van der Waals surface area contributed by atoms with Crippen molar-refractivity contribution in [2.75, 3.05) is 0 Å². The summed E-state index contributed by atoms with van der Waals surface area (Å²) in [4.78, 5) is 0. The highest BCUT2D eigenvalue weighted by Gasteiger charge is 2.25. The van der Waals surface area contributed by atoms with Crippen LogP contribution in [0.1, 0.15) is 41.0 Å². The highest BCUT2D eigenvalue weighted by atomic mass is 14.8. The standard InChI is InChI=1S/C9H22N2/c1-7(9(4,5)11)6-8(2,3)10/h7H,6,10-11H2,1-5H3. The molecule has 2 nitrogen and oxygen atoms in total. The molecule has 68 valence electrons. The van der Waals surface area contributed by atoms with Gasteiger partial charge in [0, 0.05) is 11.1 Å². The molecular formula is C9H22N2. The Labute approximate surface area is 70.3 Å². The zero-order valence-electron chi connectivity index (χ0n) is 8.44. The summed E-state index contributed by atoms with van der Waals surface area (Å²) in [5.41, 5.74) is 11.6. The van der Waals surface area contributed by atoms with Crippen LogP contribution in [-0.4, -0.2) is 11.1 Å². The van der Waals surface area contributed by atoms with Gasteiger partial charge in [0.25, 0.3) is 0 Å². The fourth-order valence-corrected chi connectivity index (χ4v) is 1.05. The van der Waals surface area contributed by atoms with Crippen molar-refractivity contribution in [3.05, 3.63) is 0 Å². The first-order valence-electron chi connectivity index (χ1n) is 4.21. The first-order chi connectivity index (χ1) is 4.63. The molecule has 0 spiro atoms. The summed E-state index contributed by atoms with van der Waals surface area (Å²) in [7, 11) is 0. The van der Waals surface area contributed by atoms with Crippen molar-refractivity contribution in [3.8, 4) is 0 Å². The second-order valence-corrected chi connectivity index (χ2v) is 4.92. The molecule has 4 N–H and O–H groups in total. The molecule has 0 heterocycles. The molecule has 0 fully saturated rings. The van der Waals surface area contributed by atoms with Gasteiger partial charge >= 0.3 is 0 Å². The van der Waals surface area contributed by atoms with E-state index in [2.05, 4.69) is 6.92 Å². The Bertz CT molecular complexity index is 117. The van der Waals surface area contributed by atoms with E-state index in [0.717, 1.165) is 6.42 Å². The van der Waals surface area contributed by atoms with Crippen LogP contribution < -0.4 is 11.5 Å². The molecule has 0 radical (unpaired) electrons. The van der Waals surface area contributed by atoms with E-state index in [1.165, 1.54) is 0 Å². The number of nitrogens with two attached hydrogens (primary N) is 2. The molecule has 0 aliphatic heterocycles. The topological polar surface area (TPSA) is 52.0 Å². The van der Waals surface area contributed by atoms with Crippen molar-refractivity contribution in [3.63, 3.8) is 0 Å². The van der Waals surface area contributed by atoms with Gasteiger partial charge in [0.15, 0.2) is 0 Å². The quantitative estimate of drug-likeness (QED) is 0.653. The third kappa shape index (κ3) is 5.22. The lowest BCUT2D eigenvalue weighted by atomic mass is 9.81. The van der Waals surface area contributed by atoms with E-state index in [-0.39, 0.29) is 11.1 Å². The molecule has 0 rings (SSSR count). The van der Waals surface area contributed by atoms with Crippen molar-refractivity contribution >= 4 is 0 Å². The minimum Gasteiger partial charge on any atom is -0.326 e. The largest absolute Gasteiger partial charge is 0.326 e. The van der Waals surface area contributed by atoms with Gasteiger partial charge in [-0.1, -0.05) is 6.92 Å². The fraction of sp³-hybridized carbons (Fsp3) is 1.00. The molecule has 1 atom stereocenters. The van der Waals surface area contributed by atoms with Gasteiger partial charge in [-0.2, -0.15) is 0 Å². The Hall–Kier alpha value is -0.0800. The summed E-state index contributed by atoms with van der Waals surface area (Å²) >= 11 is 0. The Morgan fingerprint density at radius 3 is 1.55 bits per heavy atom. The smallest absolute Gasteiger partial charge is 0.0123 e. The molecule has 0 saturated carbocycles. The molecular weight excluding hydrogens is 136 g/mol. The van der Waals surface area contributed by atoms with Gasteiger partial charge in [0.05, 0.1) is 0 Å². The highest BCUT2D eigenvalue weighted by Crippen LogP contribution is 2.21. The predicted molar refractivity (Wildman–Crippen MR) is 50.3 cm³/mol. The Morgan fingerprint density at radius 2 is 1.45 bits per heavy atom. The summed E-state index contributed by atoms with van der Waals surface area (Å²) in [5.74, 6) is 0.461. The molecule has 0 aromatic heterocycles. The van der Waals surface area contributed by atoms with Crippen molar-refractivity contribution < 1.29 is 0 Å². The molecule has 0 aliphatic carbocycles. The Morgan fingerprint density at radius 1 is 1.09 bits per heavy atom. The van der Waals surface area contributed by atoms with E-state index in [0.29, 0.717) is 5.92 Å². The van der Waals surface area contributed by atoms with Crippen molar-refractivity contribution in [1.82, 2.24) is 0 Å². The van der Waals surface area contributed by atoms with E-state index in [1.54, 1.807) is 0 Å². The minimum atomic E-state index is -0.114. The molecule has 11 heavy (non-hydrogen) atoms. The molecule has 0 amide bonds. The zero-order valence-corrected chi connectivity index (χ0v) is 8.44. The monoisotopic (exact) mass is 158 g/mol. The normalized spacial score (nSPS) is 16.6. The van der Waals surface area contributed by atoms with Crippen molar-refractivity contribution in [1.29, 1.82) is 0 Å². The Balaban J connectivity index is 3.99. The van der Waals surface area contributed by atoms with Crippen LogP contribution in [-0.2, 0) is 0 Å². The van der Waals surface area contributed by atoms with Crippen molar-refractivity contribution in [2.24, 2.45) is 17.4 Å². The lowest BCUT2D eigenvalue weighted by Gasteiger charge is -2.32. The van der Waals surface area contributed by atoms with E-state index in [1.807, 2.05) is 27.7 Å². The van der Waals surface area contributed by atoms with Crippen LogP contribution in [0, 0.1) is 5.92 Å². The van der Waals surface area contributed by atoms with Crippen LogP contribution in [0.25, 0.3) is 0 Å². The van der Waals surface area contributed by atoms with E-state index < -0.39 is 0 Å². The second-order valence-electron chi connectivity index (χ2n) is 4.92. The van der Waals surface area contributed by atoms with Crippen LogP contribution >= 0.6 is 0 Å². The maximum atomic E-state index is 5.93. The molecule has 0 bridgehead atoms. The maximum Gasteiger partial charge on any atom is 0.0123 e. The molecule has 0 saturated heterocycles. The van der Waals surface area contributed by atoms with Crippen LogP contribution in [0.15, 0.2) is 0 Å². The minimum absolute atomic E-state index is 0.101. The van der Waals surface area contributed by atoms with Gasteiger partial charge in [-0.25, -0.2) is 0 Å². The van der Waals surface area contributed by atoms with Gasteiger partial charge < -0.3 is 11.5 Å².